The van der Waals surface area contributed by atoms with Crippen LogP contribution in [0, 0.1) is 0 Å². The second kappa shape index (κ2) is 6.84. The fourth-order valence-electron chi connectivity index (χ4n) is 2.57. The third-order valence-corrected chi connectivity index (χ3v) is 5.38. The first kappa shape index (κ1) is 15.9. The van der Waals surface area contributed by atoms with Crippen LogP contribution in [0.2, 0.25) is 0 Å². The molecular weight excluding hydrogens is 250 g/mol. The van der Waals surface area contributed by atoms with Gasteiger partial charge in [0.15, 0.2) is 0 Å². The predicted molar refractivity (Wildman–Crippen MR) is 75.0 cm³/mol. The van der Waals surface area contributed by atoms with Gasteiger partial charge in [-0.25, -0.2) is 13.1 Å². The maximum Gasteiger partial charge on any atom is 0.211 e. The summed E-state index contributed by atoms with van der Waals surface area (Å²) in [4.78, 5) is 2.17. The molecule has 0 saturated heterocycles. The molecule has 0 aromatic carbocycles. The van der Waals surface area contributed by atoms with Gasteiger partial charge in [-0.3, -0.25) is 0 Å². The highest BCUT2D eigenvalue weighted by molar-refractivity contribution is 7.89. The third kappa shape index (κ3) is 4.50. The minimum Gasteiger partial charge on any atom is -0.330 e. The van der Waals surface area contributed by atoms with E-state index < -0.39 is 10.0 Å². The summed E-state index contributed by atoms with van der Waals surface area (Å²) < 4.78 is 26.5. The van der Waals surface area contributed by atoms with Crippen LogP contribution in [0.3, 0.4) is 0 Å². The van der Waals surface area contributed by atoms with Crippen LogP contribution < -0.4 is 10.5 Å². The predicted octanol–water partition coefficient (Wildman–Crippen LogP) is 0.519. The lowest BCUT2D eigenvalue weighted by Gasteiger charge is -2.36. The molecule has 1 fully saturated rings. The monoisotopic (exact) mass is 277 g/mol. The van der Waals surface area contributed by atoms with Gasteiger partial charge in [0.25, 0.3) is 0 Å². The molecule has 0 atom stereocenters. The number of nitrogens with one attached hydrogen (secondary N) is 1. The molecule has 0 radical (unpaired) electrons. The molecule has 0 aromatic rings. The Morgan fingerprint density at radius 3 is 2.33 bits per heavy atom. The lowest BCUT2D eigenvalue weighted by molar-refractivity contribution is 0.162. The van der Waals surface area contributed by atoms with Crippen molar-refractivity contribution in [1.29, 1.82) is 0 Å². The van der Waals surface area contributed by atoms with Gasteiger partial charge in [0.2, 0.25) is 10.0 Å². The molecule has 1 aliphatic rings. The van der Waals surface area contributed by atoms with E-state index in [0.29, 0.717) is 19.5 Å². The Hall–Kier alpha value is -0.170. The smallest absolute Gasteiger partial charge is 0.211 e. The Bertz CT molecular complexity index is 335. The van der Waals surface area contributed by atoms with Crippen LogP contribution in [-0.4, -0.2) is 51.8 Å². The Kier molecular flexibility index (Phi) is 6.04. The first-order chi connectivity index (χ1) is 8.42. The van der Waals surface area contributed by atoms with Crippen molar-refractivity contribution in [2.75, 3.05) is 32.9 Å². The fourth-order valence-corrected chi connectivity index (χ4v) is 3.79. The molecule has 1 saturated carbocycles. The highest BCUT2D eigenvalue weighted by Crippen LogP contribution is 2.33. The molecule has 18 heavy (non-hydrogen) atoms. The number of hydrogen-bond acceptors (Lipinski definition) is 4. The Morgan fingerprint density at radius 2 is 1.83 bits per heavy atom. The molecule has 0 unspecified atom stereocenters. The van der Waals surface area contributed by atoms with E-state index in [1.54, 1.807) is 0 Å². The summed E-state index contributed by atoms with van der Waals surface area (Å²) in [5.74, 6) is 0.188. The van der Waals surface area contributed by atoms with Gasteiger partial charge in [0.1, 0.15) is 0 Å². The second-order valence-electron chi connectivity index (χ2n) is 5.46. The van der Waals surface area contributed by atoms with Gasteiger partial charge < -0.3 is 10.6 Å². The van der Waals surface area contributed by atoms with E-state index >= 15 is 0 Å². The van der Waals surface area contributed by atoms with Crippen LogP contribution >= 0.6 is 0 Å². The zero-order chi connectivity index (χ0) is 13.6. The Balaban J connectivity index is 2.47. The van der Waals surface area contributed by atoms with Gasteiger partial charge in [0.05, 0.1) is 5.75 Å². The molecular formula is C12H27N3O2S. The van der Waals surface area contributed by atoms with Crippen LogP contribution in [0.1, 0.15) is 38.5 Å². The van der Waals surface area contributed by atoms with Gasteiger partial charge in [-0.15, -0.1) is 0 Å². The molecule has 0 spiro atoms. The topological polar surface area (TPSA) is 75.4 Å². The van der Waals surface area contributed by atoms with Crippen molar-refractivity contribution in [3.8, 4) is 0 Å². The molecule has 5 nitrogen and oxygen atoms in total. The van der Waals surface area contributed by atoms with E-state index in [9.17, 15) is 8.42 Å². The Morgan fingerprint density at radius 1 is 1.22 bits per heavy atom. The van der Waals surface area contributed by atoms with Crippen molar-refractivity contribution in [2.45, 2.75) is 44.1 Å². The van der Waals surface area contributed by atoms with Crippen LogP contribution in [0.5, 0.6) is 0 Å². The molecule has 0 heterocycles. The molecule has 0 aromatic heterocycles. The molecule has 0 aliphatic heterocycles. The minimum absolute atomic E-state index is 0.0148. The second-order valence-corrected chi connectivity index (χ2v) is 7.39. The summed E-state index contributed by atoms with van der Waals surface area (Å²) in [5.41, 5.74) is 5.39. The molecule has 0 amide bonds. The first-order valence-corrected chi connectivity index (χ1v) is 8.42. The first-order valence-electron chi connectivity index (χ1n) is 6.77. The highest BCUT2D eigenvalue weighted by Gasteiger charge is 2.36. The summed E-state index contributed by atoms with van der Waals surface area (Å²) in [6.45, 7) is 1.09. The average Bonchev–Trinajstić information content (AvgIpc) is 2.77. The summed E-state index contributed by atoms with van der Waals surface area (Å²) >= 11 is 0. The molecule has 0 bridgehead atoms. The van der Waals surface area contributed by atoms with Crippen molar-refractivity contribution in [1.82, 2.24) is 9.62 Å². The van der Waals surface area contributed by atoms with E-state index in [1.807, 2.05) is 14.1 Å². The number of nitrogens with two attached hydrogens (primary N) is 1. The van der Waals surface area contributed by atoms with E-state index in [2.05, 4.69) is 9.62 Å². The van der Waals surface area contributed by atoms with E-state index in [-0.39, 0.29) is 11.3 Å². The zero-order valence-electron chi connectivity index (χ0n) is 11.6. The quantitative estimate of drug-likeness (QED) is 0.634. The van der Waals surface area contributed by atoms with Crippen LogP contribution in [0.25, 0.3) is 0 Å². The summed E-state index contributed by atoms with van der Waals surface area (Å²) in [6, 6.07) is 0. The zero-order valence-corrected chi connectivity index (χ0v) is 12.4. The summed E-state index contributed by atoms with van der Waals surface area (Å²) in [5, 5.41) is 0. The van der Waals surface area contributed by atoms with Crippen LogP contribution in [0.4, 0.5) is 0 Å². The lowest BCUT2D eigenvalue weighted by atomic mass is 9.97. The average molecular weight is 277 g/mol. The van der Waals surface area contributed by atoms with Crippen molar-refractivity contribution >= 4 is 10.0 Å². The standard InChI is InChI=1S/C12H27N3O2S/c1-15(2)12(7-3-4-8-12)11-14-18(16,17)10-6-5-9-13/h14H,3-11,13H2,1-2H3. The fraction of sp³-hybridized carbons (Fsp3) is 1.00. The molecule has 108 valence electrons. The van der Waals surface area contributed by atoms with E-state index in [4.69, 9.17) is 5.73 Å². The van der Waals surface area contributed by atoms with Gasteiger partial charge in [-0.1, -0.05) is 12.8 Å². The molecule has 6 heteroatoms. The summed E-state index contributed by atoms with van der Waals surface area (Å²) in [6.07, 6.45) is 5.93. The van der Waals surface area contributed by atoms with Crippen molar-refractivity contribution in [3.05, 3.63) is 0 Å². The van der Waals surface area contributed by atoms with Crippen LogP contribution in [-0.2, 0) is 10.0 Å². The lowest BCUT2D eigenvalue weighted by Crippen LogP contribution is -2.51. The van der Waals surface area contributed by atoms with Gasteiger partial charge in [-0.2, -0.15) is 0 Å². The third-order valence-electron chi connectivity index (χ3n) is 3.97. The van der Waals surface area contributed by atoms with Crippen LogP contribution in [0.15, 0.2) is 0 Å². The number of hydrogen-bond donors (Lipinski definition) is 2. The number of nitrogens with zero attached hydrogens (tertiary/aromatic N) is 1. The van der Waals surface area contributed by atoms with Crippen molar-refractivity contribution < 1.29 is 8.42 Å². The largest absolute Gasteiger partial charge is 0.330 e. The minimum atomic E-state index is -3.15. The molecule has 1 rings (SSSR count). The number of unbranched alkanes of at least 4 members (excludes halogenated alkanes) is 1. The SMILES string of the molecule is CN(C)C1(CNS(=O)(=O)CCCCN)CCCC1. The normalized spacial score (nSPS) is 19.6. The van der Waals surface area contributed by atoms with Crippen molar-refractivity contribution in [3.63, 3.8) is 0 Å². The van der Waals surface area contributed by atoms with Gasteiger partial charge in [0, 0.05) is 12.1 Å². The van der Waals surface area contributed by atoms with Crippen molar-refractivity contribution in [2.24, 2.45) is 5.73 Å². The number of likely N-dealkylation sites (N-methyl/N-ethyl adjacent to an activating group) is 1. The number of rotatable bonds is 8. The number of sulfonamides is 1. The van der Waals surface area contributed by atoms with E-state index in [0.717, 1.165) is 19.3 Å². The highest BCUT2D eigenvalue weighted by atomic mass is 32.2. The maximum absolute atomic E-state index is 11.9. The Labute approximate surface area is 111 Å². The molecule has 3 N–H and O–H groups in total. The molecule has 1 aliphatic carbocycles. The van der Waals surface area contributed by atoms with Gasteiger partial charge in [-0.05, 0) is 46.3 Å². The summed E-state index contributed by atoms with van der Waals surface area (Å²) in [7, 11) is 0.926. The van der Waals surface area contributed by atoms with Gasteiger partial charge >= 0.3 is 0 Å². The maximum atomic E-state index is 11.9. The van der Waals surface area contributed by atoms with E-state index in [1.165, 1.54) is 12.8 Å².